The number of piperidine rings is 1. The molecule has 0 N–H and O–H groups in total. The molecule has 1 aromatic heterocycles. The molecule has 6 nitrogen and oxygen atoms in total. The van der Waals surface area contributed by atoms with Crippen LogP contribution in [0.2, 0.25) is 0 Å². The Morgan fingerprint density at radius 3 is 2.22 bits per heavy atom. The fourth-order valence-corrected chi connectivity index (χ4v) is 6.25. The number of hydrogen-bond donors (Lipinski definition) is 0. The molecular formula is C29H24FN3O3. The Morgan fingerprint density at radius 1 is 1.03 bits per heavy atom. The highest BCUT2D eigenvalue weighted by molar-refractivity contribution is 5.98. The van der Waals surface area contributed by atoms with Crippen molar-refractivity contribution in [2.75, 3.05) is 6.61 Å². The summed E-state index contributed by atoms with van der Waals surface area (Å²) in [6, 6.07) is 19.1. The molecule has 1 aliphatic carbocycles. The van der Waals surface area contributed by atoms with E-state index in [2.05, 4.69) is 29.2 Å². The summed E-state index contributed by atoms with van der Waals surface area (Å²) >= 11 is 0. The topological polar surface area (TPSA) is 83.3 Å². The molecule has 3 aromatic rings. The van der Waals surface area contributed by atoms with Crippen LogP contribution in [-0.4, -0.2) is 40.5 Å². The monoisotopic (exact) mass is 481 g/mol. The van der Waals surface area contributed by atoms with E-state index >= 15 is 0 Å². The Kier molecular flexibility index (Phi) is 5.52. The van der Waals surface area contributed by atoms with E-state index in [0.717, 1.165) is 18.9 Å². The van der Waals surface area contributed by atoms with Gasteiger partial charge in [0.25, 0.3) is 0 Å². The molecule has 3 heterocycles. The van der Waals surface area contributed by atoms with Gasteiger partial charge in [-0.1, -0.05) is 48.5 Å². The van der Waals surface area contributed by atoms with E-state index in [-0.39, 0.29) is 53.7 Å². The van der Waals surface area contributed by atoms with Gasteiger partial charge in [0.15, 0.2) is 17.3 Å². The molecular weight excluding hydrogens is 457 g/mol. The van der Waals surface area contributed by atoms with Crippen molar-refractivity contribution in [2.45, 2.75) is 43.7 Å². The average molecular weight is 482 g/mol. The molecule has 2 aliphatic heterocycles. The van der Waals surface area contributed by atoms with E-state index in [1.807, 2.05) is 29.2 Å². The molecule has 7 heteroatoms. The third-order valence-corrected chi connectivity index (χ3v) is 7.88. The van der Waals surface area contributed by atoms with Crippen LogP contribution in [0.5, 0.6) is 0 Å². The molecule has 2 bridgehead atoms. The number of ether oxygens (including phenoxy) is 1. The predicted octanol–water partition coefficient (Wildman–Crippen LogP) is 5.47. The number of fused-ring (bicyclic) bond motifs is 5. The number of nitriles is 1. The smallest absolute Gasteiger partial charge is 0.410 e. The largest absolute Gasteiger partial charge is 0.448 e. The lowest BCUT2D eigenvalue weighted by atomic mass is 9.85. The number of halogens is 1. The Balaban J connectivity index is 1.14. The molecule has 0 saturated carbocycles. The highest BCUT2D eigenvalue weighted by Crippen LogP contribution is 2.45. The van der Waals surface area contributed by atoms with Crippen LogP contribution in [0.1, 0.15) is 58.8 Å². The number of amides is 1. The lowest BCUT2D eigenvalue weighted by Crippen LogP contribution is -2.48. The first kappa shape index (κ1) is 22.4. The van der Waals surface area contributed by atoms with Crippen LogP contribution in [0, 0.1) is 23.1 Å². The summed E-state index contributed by atoms with van der Waals surface area (Å²) in [5.41, 5.74) is 4.55. The zero-order chi connectivity index (χ0) is 24.8. The van der Waals surface area contributed by atoms with Gasteiger partial charge in [0, 0.05) is 35.7 Å². The molecule has 2 saturated heterocycles. The van der Waals surface area contributed by atoms with Crippen LogP contribution in [0.25, 0.3) is 11.1 Å². The highest BCUT2D eigenvalue weighted by atomic mass is 19.1. The second kappa shape index (κ2) is 8.87. The Morgan fingerprint density at radius 2 is 1.64 bits per heavy atom. The van der Waals surface area contributed by atoms with Gasteiger partial charge in [-0.3, -0.25) is 4.79 Å². The van der Waals surface area contributed by atoms with Gasteiger partial charge in [-0.25, -0.2) is 14.2 Å². The minimum Gasteiger partial charge on any atom is -0.448 e. The van der Waals surface area contributed by atoms with Crippen LogP contribution < -0.4 is 0 Å². The standard InChI is InChI=1S/C29H24FN3O3/c30-26-13-18(15-32-27(26)14-31)28(34)17-11-19-9-10-20(12-17)33(19)29(35)36-16-25-23-7-3-1-5-21(23)22-6-2-4-8-24(22)25/h1-8,13,15,17,19-20,25H,9-12,16H2. The molecule has 1 amide bonds. The minimum atomic E-state index is -0.789. The predicted molar refractivity (Wildman–Crippen MR) is 130 cm³/mol. The second-order valence-corrected chi connectivity index (χ2v) is 9.80. The summed E-state index contributed by atoms with van der Waals surface area (Å²) in [7, 11) is 0. The number of rotatable bonds is 4. The molecule has 3 aliphatic rings. The first-order chi connectivity index (χ1) is 17.5. The van der Waals surface area contributed by atoms with Crippen LogP contribution in [0.15, 0.2) is 60.8 Å². The van der Waals surface area contributed by atoms with Crippen LogP contribution >= 0.6 is 0 Å². The summed E-state index contributed by atoms with van der Waals surface area (Å²) < 4.78 is 19.9. The molecule has 36 heavy (non-hydrogen) atoms. The first-order valence-corrected chi connectivity index (χ1v) is 12.3. The maximum atomic E-state index is 14.0. The van der Waals surface area contributed by atoms with Gasteiger partial charge in [-0.05, 0) is 54.0 Å². The second-order valence-electron chi connectivity index (χ2n) is 9.80. The number of nitrogens with zero attached hydrogens (tertiary/aromatic N) is 3. The van der Waals surface area contributed by atoms with Gasteiger partial charge in [-0.15, -0.1) is 0 Å². The maximum absolute atomic E-state index is 14.0. The van der Waals surface area contributed by atoms with Crippen molar-refractivity contribution in [1.82, 2.24) is 9.88 Å². The number of Topliss-reactive ketones (excluding diaryl/α,β-unsaturated/α-hetero) is 1. The Labute approximate surface area is 208 Å². The fourth-order valence-electron chi connectivity index (χ4n) is 6.25. The number of aromatic nitrogens is 1. The highest BCUT2D eigenvalue weighted by Gasteiger charge is 2.46. The summed E-state index contributed by atoms with van der Waals surface area (Å²) in [6.45, 7) is 0.265. The van der Waals surface area contributed by atoms with Gasteiger partial charge in [-0.2, -0.15) is 5.26 Å². The van der Waals surface area contributed by atoms with Gasteiger partial charge < -0.3 is 9.64 Å². The van der Waals surface area contributed by atoms with E-state index in [0.29, 0.717) is 12.8 Å². The lowest BCUT2D eigenvalue weighted by Gasteiger charge is -2.37. The van der Waals surface area contributed by atoms with Crippen molar-refractivity contribution >= 4 is 11.9 Å². The zero-order valence-electron chi connectivity index (χ0n) is 19.6. The number of benzene rings is 2. The molecule has 2 fully saturated rings. The quantitative estimate of drug-likeness (QED) is 0.462. The Bertz CT molecular complexity index is 1360. The summed E-state index contributed by atoms with van der Waals surface area (Å²) in [4.78, 5) is 31.9. The van der Waals surface area contributed by atoms with E-state index in [1.165, 1.54) is 28.5 Å². The summed E-state index contributed by atoms with van der Waals surface area (Å²) in [6.07, 6.45) is 3.60. The normalized spacial score (nSPS) is 22.0. The fraction of sp³-hybridized carbons (Fsp3) is 0.310. The first-order valence-electron chi connectivity index (χ1n) is 12.3. The Hall–Kier alpha value is -4.05. The van der Waals surface area contributed by atoms with E-state index in [9.17, 15) is 14.0 Å². The summed E-state index contributed by atoms with van der Waals surface area (Å²) in [5, 5.41) is 8.88. The van der Waals surface area contributed by atoms with Crippen molar-refractivity contribution in [3.05, 3.63) is 89.0 Å². The molecule has 0 radical (unpaired) electrons. The van der Waals surface area contributed by atoms with Crippen molar-refractivity contribution < 1.29 is 18.7 Å². The van der Waals surface area contributed by atoms with E-state index in [4.69, 9.17) is 10.00 Å². The van der Waals surface area contributed by atoms with E-state index < -0.39 is 5.82 Å². The molecule has 0 spiro atoms. The van der Waals surface area contributed by atoms with Crippen molar-refractivity contribution in [3.63, 3.8) is 0 Å². The molecule has 2 unspecified atom stereocenters. The van der Waals surface area contributed by atoms with Gasteiger partial charge >= 0.3 is 6.09 Å². The van der Waals surface area contributed by atoms with Crippen LogP contribution in [0.3, 0.4) is 0 Å². The summed E-state index contributed by atoms with van der Waals surface area (Å²) in [5.74, 6) is -1.29. The third-order valence-electron chi connectivity index (χ3n) is 7.88. The van der Waals surface area contributed by atoms with Crippen LogP contribution in [-0.2, 0) is 4.74 Å². The van der Waals surface area contributed by atoms with Gasteiger partial charge in [0.05, 0.1) is 0 Å². The van der Waals surface area contributed by atoms with Crippen molar-refractivity contribution in [1.29, 1.82) is 5.26 Å². The van der Waals surface area contributed by atoms with Crippen LogP contribution in [0.4, 0.5) is 9.18 Å². The molecule has 2 atom stereocenters. The minimum absolute atomic E-state index is 0.00287. The molecule has 6 rings (SSSR count). The van der Waals surface area contributed by atoms with Gasteiger partial charge in [0.1, 0.15) is 12.7 Å². The zero-order valence-corrected chi connectivity index (χ0v) is 19.6. The lowest BCUT2D eigenvalue weighted by molar-refractivity contribution is 0.0505. The van der Waals surface area contributed by atoms with Crippen molar-refractivity contribution in [2.24, 2.45) is 5.92 Å². The third kappa shape index (κ3) is 3.65. The maximum Gasteiger partial charge on any atom is 0.410 e. The number of ketones is 1. The SMILES string of the molecule is N#Cc1ncc(C(=O)C2CC3CCC(C2)N3C(=O)OCC2c3ccccc3-c3ccccc32)cc1F. The number of hydrogen-bond acceptors (Lipinski definition) is 5. The van der Waals surface area contributed by atoms with E-state index in [1.54, 1.807) is 6.07 Å². The molecule has 2 aromatic carbocycles. The average Bonchev–Trinajstić information content (AvgIpc) is 3.37. The molecule has 180 valence electrons. The van der Waals surface area contributed by atoms with Gasteiger partial charge in [0.2, 0.25) is 0 Å². The number of carbonyl (C=O) groups is 2. The number of carbonyl (C=O) groups excluding carboxylic acids is 2. The van der Waals surface area contributed by atoms with Crippen molar-refractivity contribution in [3.8, 4) is 17.2 Å². The number of pyridine rings is 1.